The van der Waals surface area contributed by atoms with Crippen LogP contribution in [0.25, 0.3) is 0 Å². The van der Waals surface area contributed by atoms with E-state index in [-0.39, 0.29) is 0 Å². The third kappa shape index (κ3) is 2.41. The number of aromatic nitrogens is 3. The van der Waals surface area contributed by atoms with Gasteiger partial charge in [-0.15, -0.1) is 0 Å². The highest BCUT2D eigenvalue weighted by atomic mass is 32.1. The Morgan fingerprint density at radius 2 is 2.40 bits per heavy atom. The van der Waals surface area contributed by atoms with Crippen molar-refractivity contribution in [2.75, 3.05) is 12.4 Å². The van der Waals surface area contributed by atoms with Gasteiger partial charge in [-0.2, -0.15) is 4.37 Å². The van der Waals surface area contributed by atoms with Gasteiger partial charge in [0.05, 0.1) is 7.11 Å². The van der Waals surface area contributed by atoms with Gasteiger partial charge in [0, 0.05) is 29.8 Å². The summed E-state index contributed by atoms with van der Waals surface area (Å²) in [6, 6.07) is 3.83. The number of ether oxygens (including phenoxy) is 1. The molecule has 78 valence electrons. The lowest BCUT2D eigenvalue weighted by molar-refractivity contribution is 0.393. The van der Waals surface area contributed by atoms with Crippen molar-refractivity contribution in [1.29, 1.82) is 0 Å². The van der Waals surface area contributed by atoms with E-state index in [9.17, 15) is 0 Å². The zero-order valence-electron chi connectivity index (χ0n) is 8.17. The average molecular weight is 222 g/mol. The van der Waals surface area contributed by atoms with Crippen molar-refractivity contribution in [3.05, 3.63) is 30.2 Å². The van der Waals surface area contributed by atoms with Gasteiger partial charge in [-0.05, 0) is 6.07 Å². The zero-order chi connectivity index (χ0) is 10.5. The van der Waals surface area contributed by atoms with E-state index in [0.29, 0.717) is 12.4 Å². The second-order valence-corrected chi connectivity index (χ2v) is 3.55. The smallest absolute Gasteiger partial charge is 0.218 e. The number of hydrogen-bond acceptors (Lipinski definition) is 6. The van der Waals surface area contributed by atoms with Gasteiger partial charge in [-0.1, -0.05) is 6.07 Å². The highest BCUT2D eigenvalue weighted by Gasteiger charge is 2.03. The summed E-state index contributed by atoms with van der Waals surface area (Å²) in [4.78, 5) is 8.12. The molecule has 0 amide bonds. The summed E-state index contributed by atoms with van der Waals surface area (Å²) in [5.41, 5.74) is 0.996. The van der Waals surface area contributed by atoms with E-state index < -0.39 is 0 Å². The Labute approximate surface area is 91.3 Å². The summed E-state index contributed by atoms with van der Waals surface area (Å²) < 4.78 is 9.03. The van der Waals surface area contributed by atoms with Crippen molar-refractivity contribution in [3.63, 3.8) is 0 Å². The highest BCUT2D eigenvalue weighted by Crippen LogP contribution is 2.16. The molecule has 0 aliphatic heterocycles. The predicted molar refractivity (Wildman–Crippen MR) is 58.0 cm³/mol. The SMILES string of the molecule is COc1ncccc1CNc1ncns1. The van der Waals surface area contributed by atoms with Crippen LogP contribution in [-0.4, -0.2) is 21.5 Å². The fraction of sp³-hybridized carbons (Fsp3) is 0.222. The maximum Gasteiger partial charge on any atom is 0.218 e. The van der Waals surface area contributed by atoms with Crippen LogP contribution in [0.2, 0.25) is 0 Å². The molecule has 2 aromatic rings. The Bertz CT molecular complexity index is 418. The van der Waals surface area contributed by atoms with Gasteiger partial charge in [-0.25, -0.2) is 9.97 Å². The quantitative estimate of drug-likeness (QED) is 0.850. The molecular formula is C9H10N4OS. The van der Waals surface area contributed by atoms with Crippen LogP contribution >= 0.6 is 11.5 Å². The maximum atomic E-state index is 5.13. The Hall–Kier alpha value is -1.69. The highest BCUT2D eigenvalue weighted by molar-refractivity contribution is 7.09. The van der Waals surface area contributed by atoms with Gasteiger partial charge in [0.1, 0.15) is 6.33 Å². The van der Waals surface area contributed by atoms with Crippen molar-refractivity contribution < 1.29 is 4.74 Å². The fourth-order valence-electron chi connectivity index (χ4n) is 1.16. The lowest BCUT2D eigenvalue weighted by atomic mass is 10.3. The van der Waals surface area contributed by atoms with Gasteiger partial charge >= 0.3 is 0 Å². The number of nitrogens with one attached hydrogen (secondary N) is 1. The summed E-state index contributed by atoms with van der Waals surface area (Å²) in [6.07, 6.45) is 3.22. The minimum Gasteiger partial charge on any atom is -0.481 e. The summed E-state index contributed by atoms with van der Waals surface area (Å²) in [5.74, 6) is 0.634. The normalized spacial score (nSPS) is 9.93. The standard InChI is InChI=1S/C9H10N4OS/c1-14-8-7(3-2-4-10-8)5-11-9-12-6-13-15-9/h2-4,6H,5H2,1H3,(H,11,12,13). The molecule has 0 aliphatic rings. The summed E-state index contributed by atoms with van der Waals surface area (Å²) in [6.45, 7) is 0.631. The topological polar surface area (TPSA) is 59.9 Å². The number of anilines is 1. The second kappa shape index (κ2) is 4.70. The zero-order valence-corrected chi connectivity index (χ0v) is 8.99. The molecule has 5 nitrogen and oxygen atoms in total. The first kappa shape index (κ1) is 9.85. The maximum absolute atomic E-state index is 5.13. The van der Waals surface area contributed by atoms with E-state index in [4.69, 9.17) is 4.74 Å². The molecule has 0 fully saturated rings. The van der Waals surface area contributed by atoms with Crippen molar-refractivity contribution in [3.8, 4) is 5.88 Å². The van der Waals surface area contributed by atoms with E-state index in [2.05, 4.69) is 19.7 Å². The third-order valence-corrected chi connectivity index (χ3v) is 2.46. The van der Waals surface area contributed by atoms with Crippen LogP contribution < -0.4 is 10.1 Å². The second-order valence-electron chi connectivity index (χ2n) is 2.77. The van der Waals surface area contributed by atoms with Gasteiger partial charge in [0.25, 0.3) is 0 Å². The molecule has 15 heavy (non-hydrogen) atoms. The Morgan fingerprint density at radius 1 is 1.47 bits per heavy atom. The monoisotopic (exact) mass is 222 g/mol. The molecule has 0 bridgehead atoms. The number of rotatable bonds is 4. The molecule has 0 atom stereocenters. The summed E-state index contributed by atoms with van der Waals surface area (Å²) >= 11 is 1.32. The third-order valence-electron chi connectivity index (χ3n) is 1.83. The molecule has 0 saturated carbocycles. The predicted octanol–water partition coefficient (Wildman–Crippen LogP) is 1.55. The van der Waals surface area contributed by atoms with Crippen molar-refractivity contribution in [1.82, 2.24) is 14.3 Å². The van der Waals surface area contributed by atoms with Gasteiger partial charge < -0.3 is 10.1 Å². The van der Waals surface area contributed by atoms with Gasteiger partial charge in [0.2, 0.25) is 11.0 Å². The lowest BCUT2D eigenvalue weighted by Crippen LogP contribution is -2.02. The van der Waals surface area contributed by atoms with E-state index in [0.717, 1.165) is 10.7 Å². The molecule has 0 radical (unpaired) electrons. The minimum absolute atomic E-state index is 0.631. The molecule has 0 saturated heterocycles. The molecule has 2 aromatic heterocycles. The summed E-state index contributed by atoms with van der Waals surface area (Å²) in [7, 11) is 1.61. The van der Waals surface area contributed by atoms with E-state index in [1.807, 2.05) is 12.1 Å². The largest absolute Gasteiger partial charge is 0.481 e. The molecule has 6 heteroatoms. The van der Waals surface area contributed by atoms with Crippen molar-refractivity contribution >= 4 is 16.7 Å². The molecule has 2 heterocycles. The first-order chi connectivity index (χ1) is 7.40. The molecule has 0 spiro atoms. The van der Waals surface area contributed by atoms with Gasteiger partial charge in [-0.3, -0.25) is 0 Å². The van der Waals surface area contributed by atoms with Crippen LogP contribution in [0.5, 0.6) is 5.88 Å². The van der Waals surface area contributed by atoms with E-state index in [1.54, 1.807) is 13.3 Å². The van der Waals surface area contributed by atoms with Crippen molar-refractivity contribution in [2.45, 2.75) is 6.54 Å². The molecule has 1 N–H and O–H groups in total. The Morgan fingerprint density at radius 3 is 3.13 bits per heavy atom. The number of pyridine rings is 1. The van der Waals surface area contributed by atoms with Crippen LogP contribution in [0, 0.1) is 0 Å². The number of nitrogens with zero attached hydrogens (tertiary/aromatic N) is 3. The average Bonchev–Trinajstić information content (AvgIpc) is 2.79. The van der Waals surface area contributed by atoms with E-state index >= 15 is 0 Å². The minimum atomic E-state index is 0.631. The Balaban J connectivity index is 2.04. The Kier molecular flexibility index (Phi) is 3.08. The van der Waals surface area contributed by atoms with Crippen LogP contribution in [0.1, 0.15) is 5.56 Å². The molecule has 2 rings (SSSR count). The first-order valence-corrected chi connectivity index (χ1v) is 5.16. The van der Waals surface area contributed by atoms with E-state index in [1.165, 1.54) is 17.9 Å². The van der Waals surface area contributed by atoms with Crippen molar-refractivity contribution in [2.24, 2.45) is 0 Å². The van der Waals surface area contributed by atoms with Crippen LogP contribution in [0.4, 0.5) is 5.13 Å². The molecule has 0 aromatic carbocycles. The lowest BCUT2D eigenvalue weighted by Gasteiger charge is -2.06. The fourth-order valence-corrected chi connectivity index (χ4v) is 1.59. The molecule has 0 aliphatic carbocycles. The summed E-state index contributed by atoms with van der Waals surface area (Å²) in [5, 5.41) is 3.93. The first-order valence-electron chi connectivity index (χ1n) is 4.38. The molecule has 0 unspecified atom stereocenters. The van der Waals surface area contributed by atoms with Crippen LogP contribution in [-0.2, 0) is 6.54 Å². The number of hydrogen-bond donors (Lipinski definition) is 1. The molecular weight excluding hydrogens is 212 g/mol. The number of methoxy groups -OCH3 is 1. The van der Waals surface area contributed by atoms with Gasteiger partial charge in [0.15, 0.2) is 0 Å². The van der Waals surface area contributed by atoms with Crippen LogP contribution in [0.15, 0.2) is 24.7 Å². The van der Waals surface area contributed by atoms with Crippen LogP contribution in [0.3, 0.4) is 0 Å².